The number of hydrogen-bond acceptors (Lipinski definition) is 8. The van der Waals surface area contributed by atoms with E-state index in [0.29, 0.717) is 12.5 Å². The highest BCUT2D eigenvalue weighted by Gasteiger charge is 2.26. The fourth-order valence-electron chi connectivity index (χ4n) is 3.25. The van der Waals surface area contributed by atoms with Gasteiger partial charge in [0.1, 0.15) is 6.04 Å². The van der Waals surface area contributed by atoms with E-state index < -0.39 is 34.5 Å². The van der Waals surface area contributed by atoms with E-state index in [1.165, 1.54) is 30.3 Å². The molecule has 1 fully saturated rings. The SMILES string of the molecule is O=C(NC[C@H](NS(=O)(=O)c1ccccc1)C(=O)O)c1cc(OCCC2CCNCC2)no1. The first-order valence-electron chi connectivity index (χ1n) is 10.2. The lowest BCUT2D eigenvalue weighted by molar-refractivity contribution is -0.138. The van der Waals surface area contributed by atoms with Gasteiger partial charge < -0.3 is 25.0 Å². The molecule has 11 nitrogen and oxygen atoms in total. The number of nitrogens with zero attached hydrogens (tertiary/aromatic N) is 1. The number of amides is 1. The van der Waals surface area contributed by atoms with Crippen LogP contribution in [-0.4, -0.2) is 62.8 Å². The number of sulfonamides is 1. The number of piperidine rings is 1. The summed E-state index contributed by atoms with van der Waals surface area (Å²) in [6.45, 7) is 1.95. The van der Waals surface area contributed by atoms with Crippen molar-refractivity contribution in [3.05, 3.63) is 42.2 Å². The molecule has 32 heavy (non-hydrogen) atoms. The standard InChI is InChI=1S/C20H26N4O7S/c25-19(17-12-18(23-31-17)30-11-8-14-6-9-21-10-7-14)22-13-16(20(26)27)24-32(28,29)15-4-2-1-3-5-15/h1-5,12,14,16,21,24H,6-11,13H2,(H,22,25)(H,26,27)/t16-/m0/s1. The molecule has 0 radical (unpaired) electrons. The second-order valence-electron chi connectivity index (χ2n) is 7.40. The van der Waals surface area contributed by atoms with Crippen molar-refractivity contribution in [1.82, 2.24) is 20.5 Å². The Morgan fingerprint density at radius 3 is 2.66 bits per heavy atom. The molecule has 1 aromatic carbocycles. The summed E-state index contributed by atoms with van der Waals surface area (Å²) in [5.41, 5.74) is 0. The molecule has 0 bridgehead atoms. The van der Waals surface area contributed by atoms with Gasteiger partial charge in [-0.1, -0.05) is 18.2 Å². The number of rotatable bonds is 11. The molecule has 12 heteroatoms. The highest BCUT2D eigenvalue weighted by Crippen LogP contribution is 2.17. The lowest BCUT2D eigenvalue weighted by Gasteiger charge is -2.21. The number of carboxylic acid groups (broad SMARTS) is 1. The van der Waals surface area contributed by atoms with Crippen molar-refractivity contribution >= 4 is 21.9 Å². The summed E-state index contributed by atoms with van der Waals surface area (Å²) in [6.07, 6.45) is 3.06. The van der Waals surface area contributed by atoms with Crippen LogP contribution < -0.4 is 20.1 Å². The molecule has 2 heterocycles. The van der Waals surface area contributed by atoms with Crippen molar-refractivity contribution in [1.29, 1.82) is 0 Å². The van der Waals surface area contributed by atoms with Crippen LogP contribution in [-0.2, 0) is 14.8 Å². The number of nitrogens with one attached hydrogen (secondary N) is 3. The van der Waals surface area contributed by atoms with Crippen molar-refractivity contribution in [2.75, 3.05) is 26.2 Å². The van der Waals surface area contributed by atoms with Gasteiger partial charge in [0, 0.05) is 6.54 Å². The zero-order chi connectivity index (χ0) is 23.0. The quantitative estimate of drug-likeness (QED) is 0.372. The van der Waals surface area contributed by atoms with E-state index in [9.17, 15) is 23.1 Å². The van der Waals surface area contributed by atoms with Gasteiger partial charge in [-0.05, 0) is 55.6 Å². The number of aromatic nitrogens is 1. The molecule has 1 aromatic heterocycles. The lowest BCUT2D eigenvalue weighted by Crippen LogP contribution is -2.48. The number of hydrogen-bond donors (Lipinski definition) is 4. The third-order valence-electron chi connectivity index (χ3n) is 5.06. The van der Waals surface area contributed by atoms with Crippen LogP contribution in [0.1, 0.15) is 29.8 Å². The molecule has 0 spiro atoms. The smallest absolute Gasteiger partial charge is 0.323 e. The number of carboxylic acids is 1. The van der Waals surface area contributed by atoms with Crippen molar-refractivity contribution in [2.45, 2.75) is 30.2 Å². The normalized spacial score (nSPS) is 15.8. The van der Waals surface area contributed by atoms with Crippen molar-refractivity contribution < 1.29 is 32.4 Å². The maximum Gasteiger partial charge on any atom is 0.323 e. The molecule has 1 atom stereocenters. The molecule has 1 saturated heterocycles. The Labute approximate surface area is 185 Å². The van der Waals surface area contributed by atoms with Crippen molar-refractivity contribution in [3.63, 3.8) is 0 Å². The fraction of sp³-hybridized carbons (Fsp3) is 0.450. The van der Waals surface area contributed by atoms with Crippen LogP contribution in [0.15, 0.2) is 45.8 Å². The van der Waals surface area contributed by atoms with Crippen LogP contribution in [0.2, 0.25) is 0 Å². The molecule has 4 N–H and O–H groups in total. The van der Waals surface area contributed by atoms with Crippen molar-refractivity contribution in [3.8, 4) is 5.88 Å². The van der Waals surface area contributed by atoms with Gasteiger partial charge in [0.05, 0.1) is 17.6 Å². The molecule has 3 rings (SSSR count). The van der Waals surface area contributed by atoms with Gasteiger partial charge >= 0.3 is 5.97 Å². The molecule has 174 valence electrons. The van der Waals surface area contributed by atoms with Gasteiger partial charge in [0.2, 0.25) is 15.8 Å². The zero-order valence-electron chi connectivity index (χ0n) is 17.3. The van der Waals surface area contributed by atoms with Gasteiger partial charge in [0.25, 0.3) is 11.8 Å². The maximum atomic E-state index is 12.3. The number of carbonyl (C=O) groups excluding carboxylic acids is 1. The first-order valence-corrected chi connectivity index (χ1v) is 11.7. The third-order valence-corrected chi connectivity index (χ3v) is 6.55. The van der Waals surface area contributed by atoms with Crippen LogP contribution in [0.4, 0.5) is 0 Å². The number of aliphatic carboxylic acids is 1. The van der Waals surface area contributed by atoms with Gasteiger partial charge in [-0.3, -0.25) is 9.59 Å². The summed E-state index contributed by atoms with van der Waals surface area (Å²) in [5.74, 6) is -1.61. The van der Waals surface area contributed by atoms with Crippen LogP contribution in [0.25, 0.3) is 0 Å². The summed E-state index contributed by atoms with van der Waals surface area (Å²) in [6, 6.07) is 7.07. The van der Waals surface area contributed by atoms with Crippen LogP contribution in [0.5, 0.6) is 5.88 Å². The van der Waals surface area contributed by atoms with Crippen molar-refractivity contribution in [2.24, 2.45) is 5.92 Å². The Morgan fingerprint density at radius 1 is 1.25 bits per heavy atom. The van der Waals surface area contributed by atoms with Gasteiger partial charge in [-0.2, -0.15) is 4.72 Å². The van der Waals surface area contributed by atoms with E-state index in [2.05, 4.69) is 20.5 Å². The lowest BCUT2D eigenvalue weighted by atomic mass is 9.95. The van der Waals surface area contributed by atoms with Gasteiger partial charge in [-0.25, -0.2) is 8.42 Å². The Bertz CT molecular complexity index is 1000. The van der Waals surface area contributed by atoms with E-state index in [1.54, 1.807) is 6.07 Å². The summed E-state index contributed by atoms with van der Waals surface area (Å²) in [7, 11) is -4.07. The molecule has 0 saturated carbocycles. The van der Waals surface area contributed by atoms with Crippen LogP contribution in [0.3, 0.4) is 0 Å². The monoisotopic (exact) mass is 466 g/mol. The molecular weight excluding hydrogens is 440 g/mol. The minimum Gasteiger partial charge on any atom is -0.480 e. The molecule has 0 unspecified atom stereocenters. The Hall–Kier alpha value is -2.96. The molecule has 1 aliphatic heterocycles. The molecule has 0 aliphatic carbocycles. The minimum atomic E-state index is -4.07. The van der Waals surface area contributed by atoms with Crippen LogP contribution >= 0.6 is 0 Å². The largest absolute Gasteiger partial charge is 0.480 e. The Kier molecular flexibility index (Phi) is 8.20. The summed E-state index contributed by atoms with van der Waals surface area (Å²) >= 11 is 0. The van der Waals surface area contributed by atoms with Gasteiger partial charge in [0.15, 0.2) is 0 Å². The Balaban J connectivity index is 1.49. The summed E-state index contributed by atoms with van der Waals surface area (Å²) < 4.78 is 37.2. The van der Waals surface area contributed by atoms with E-state index in [4.69, 9.17) is 9.26 Å². The number of carbonyl (C=O) groups is 2. The molecule has 1 amide bonds. The summed E-state index contributed by atoms with van der Waals surface area (Å²) in [5, 5.41) is 18.7. The average Bonchev–Trinajstić information content (AvgIpc) is 3.26. The maximum absolute atomic E-state index is 12.3. The predicted molar refractivity (Wildman–Crippen MR) is 113 cm³/mol. The molecule has 2 aromatic rings. The fourth-order valence-corrected chi connectivity index (χ4v) is 4.46. The number of benzene rings is 1. The minimum absolute atomic E-state index is 0.0842. The Morgan fingerprint density at radius 2 is 1.97 bits per heavy atom. The van der Waals surface area contributed by atoms with E-state index in [-0.39, 0.29) is 16.5 Å². The first kappa shape index (κ1) is 23.7. The second-order valence-corrected chi connectivity index (χ2v) is 9.11. The highest BCUT2D eigenvalue weighted by molar-refractivity contribution is 7.89. The van der Waals surface area contributed by atoms with Gasteiger partial charge in [-0.15, -0.1) is 0 Å². The highest BCUT2D eigenvalue weighted by atomic mass is 32.2. The van der Waals surface area contributed by atoms with E-state index >= 15 is 0 Å². The molecule has 1 aliphatic rings. The topological polar surface area (TPSA) is 160 Å². The second kappa shape index (κ2) is 11.1. The first-order chi connectivity index (χ1) is 15.3. The average molecular weight is 467 g/mol. The van der Waals surface area contributed by atoms with E-state index in [1.807, 2.05) is 0 Å². The summed E-state index contributed by atoms with van der Waals surface area (Å²) in [4.78, 5) is 23.7. The number of ether oxygens (including phenoxy) is 1. The zero-order valence-corrected chi connectivity index (χ0v) is 18.1. The van der Waals surface area contributed by atoms with E-state index in [0.717, 1.165) is 32.4 Å². The van der Waals surface area contributed by atoms with Crippen LogP contribution in [0, 0.1) is 5.92 Å². The predicted octanol–water partition coefficient (Wildman–Crippen LogP) is 0.605. The third kappa shape index (κ3) is 6.77. The molecular formula is C20H26N4O7S.